The van der Waals surface area contributed by atoms with Gasteiger partial charge in [0.1, 0.15) is 11.7 Å². The summed E-state index contributed by atoms with van der Waals surface area (Å²) in [6, 6.07) is 4.36. The maximum absolute atomic E-state index is 12.9. The summed E-state index contributed by atoms with van der Waals surface area (Å²) in [5, 5.41) is 0.0620. The Balaban J connectivity index is 2.97. The fourth-order valence-corrected chi connectivity index (χ4v) is 1.27. The molecule has 15 heavy (non-hydrogen) atoms. The normalized spacial score (nSPS) is 11.6. The first kappa shape index (κ1) is 11.9. The molecule has 1 aromatic carbocycles. The molecule has 82 valence electrons. The van der Waals surface area contributed by atoms with Gasteiger partial charge in [0.2, 0.25) is 0 Å². The van der Waals surface area contributed by atoms with Crippen LogP contribution in [0.2, 0.25) is 5.02 Å². The Hall–Kier alpha value is -1.13. The van der Waals surface area contributed by atoms with E-state index < -0.39 is 5.82 Å². The van der Waals surface area contributed by atoms with Crippen LogP contribution in [-0.2, 0) is 0 Å². The van der Waals surface area contributed by atoms with E-state index >= 15 is 0 Å². The number of benzene rings is 1. The van der Waals surface area contributed by atoms with Crippen LogP contribution >= 0.6 is 11.6 Å². The van der Waals surface area contributed by atoms with Crippen molar-refractivity contribution in [2.45, 2.75) is 13.3 Å². The molecule has 0 saturated heterocycles. The van der Waals surface area contributed by atoms with Crippen molar-refractivity contribution >= 4 is 17.4 Å². The maximum atomic E-state index is 12.9. The van der Waals surface area contributed by atoms with Gasteiger partial charge in [0.05, 0.1) is 5.02 Å². The molecule has 1 rings (SSSR count). The smallest absolute Gasteiger partial charge is 0.142 e. The molecule has 0 unspecified atom stereocenters. The van der Waals surface area contributed by atoms with Crippen LogP contribution in [0.3, 0.4) is 0 Å². The molecule has 0 aliphatic rings. The topological polar surface area (TPSA) is 50.4 Å². The largest absolute Gasteiger partial charge is 0.308 e. The van der Waals surface area contributed by atoms with Crippen molar-refractivity contribution in [2.75, 3.05) is 6.54 Å². The van der Waals surface area contributed by atoms with Crippen molar-refractivity contribution in [1.29, 1.82) is 0 Å². The number of hydrogen-bond acceptors (Lipinski definition) is 2. The van der Waals surface area contributed by atoms with E-state index in [1.54, 1.807) is 6.07 Å². The molecule has 0 aliphatic heterocycles. The SMILES string of the molecule is CCCN=C(NN)c1ccc(F)c(Cl)c1. The molecule has 0 aromatic heterocycles. The van der Waals surface area contributed by atoms with Gasteiger partial charge < -0.3 is 5.43 Å². The highest BCUT2D eigenvalue weighted by Gasteiger charge is 2.05. The Morgan fingerprint density at radius 2 is 2.33 bits per heavy atom. The summed E-state index contributed by atoms with van der Waals surface area (Å²) in [5.41, 5.74) is 3.15. The average molecular weight is 230 g/mol. The minimum Gasteiger partial charge on any atom is -0.308 e. The van der Waals surface area contributed by atoms with Crippen LogP contribution in [-0.4, -0.2) is 12.4 Å². The van der Waals surface area contributed by atoms with Crippen molar-refractivity contribution in [3.8, 4) is 0 Å². The molecule has 0 heterocycles. The minimum absolute atomic E-state index is 0.0620. The monoisotopic (exact) mass is 229 g/mol. The zero-order chi connectivity index (χ0) is 11.3. The number of hydrogen-bond donors (Lipinski definition) is 2. The second-order valence-corrected chi connectivity index (χ2v) is 3.41. The molecule has 3 nitrogen and oxygen atoms in total. The number of halogens is 2. The fraction of sp³-hybridized carbons (Fsp3) is 0.300. The van der Waals surface area contributed by atoms with Crippen molar-refractivity contribution in [3.63, 3.8) is 0 Å². The third kappa shape index (κ3) is 3.18. The molecule has 1 aromatic rings. The molecule has 0 bridgehead atoms. The molecule has 3 N–H and O–H groups in total. The predicted octanol–water partition coefficient (Wildman–Crippen LogP) is 2.10. The molecule has 0 radical (unpaired) electrons. The summed E-state index contributed by atoms with van der Waals surface area (Å²) >= 11 is 5.65. The molecule has 5 heteroatoms. The molecular formula is C10H13ClFN3. The summed E-state index contributed by atoms with van der Waals surface area (Å²) in [6.07, 6.45) is 0.917. The molecule has 0 aliphatic carbocycles. The number of rotatable bonds is 3. The number of aliphatic imine (C=N–C) groups is 1. The molecular weight excluding hydrogens is 217 g/mol. The lowest BCUT2D eigenvalue weighted by molar-refractivity contribution is 0.628. The van der Waals surface area contributed by atoms with E-state index in [0.29, 0.717) is 17.9 Å². The van der Waals surface area contributed by atoms with E-state index in [-0.39, 0.29) is 5.02 Å². The lowest BCUT2D eigenvalue weighted by Gasteiger charge is -2.06. The third-order valence-electron chi connectivity index (χ3n) is 1.82. The minimum atomic E-state index is -0.452. The van der Waals surface area contributed by atoms with E-state index in [1.165, 1.54) is 12.1 Å². The Bertz CT molecular complexity index is 366. The van der Waals surface area contributed by atoms with Crippen LogP contribution < -0.4 is 11.3 Å². The van der Waals surface area contributed by atoms with E-state index in [9.17, 15) is 4.39 Å². The van der Waals surface area contributed by atoms with Gasteiger partial charge in [-0.25, -0.2) is 10.2 Å². The van der Waals surface area contributed by atoms with E-state index in [1.807, 2.05) is 6.92 Å². The maximum Gasteiger partial charge on any atom is 0.142 e. The number of amidine groups is 1. The Morgan fingerprint density at radius 1 is 1.60 bits per heavy atom. The van der Waals surface area contributed by atoms with Crippen LogP contribution in [0.1, 0.15) is 18.9 Å². The summed E-state index contributed by atoms with van der Waals surface area (Å²) in [5.74, 6) is 5.38. The van der Waals surface area contributed by atoms with Crippen LogP contribution in [0.15, 0.2) is 23.2 Å². The molecule has 0 spiro atoms. The zero-order valence-electron chi connectivity index (χ0n) is 8.43. The average Bonchev–Trinajstić information content (AvgIpc) is 2.24. The van der Waals surface area contributed by atoms with Gasteiger partial charge in [-0.2, -0.15) is 0 Å². The highest BCUT2D eigenvalue weighted by Crippen LogP contribution is 2.16. The highest BCUT2D eigenvalue weighted by atomic mass is 35.5. The van der Waals surface area contributed by atoms with Gasteiger partial charge in [0.25, 0.3) is 0 Å². The lowest BCUT2D eigenvalue weighted by atomic mass is 10.2. The number of nitrogens with two attached hydrogens (primary N) is 1. The van der Waals surface area contributed by atoms with Crippen LogP contribution in [0, 0.1) is 5.82 Å². The molecule has 0 saturated carbocycles. The van der Waals surface area contributed by atoms with Gasteiger partial charge in [0, 0.05) is 12.1 Å². The van der Waals surface area contributed by atoms with Crippen molar-refractivity contribution in [2.24, 2.45) is 10.8 Å². The van der Waals surface area contributed by atoms with Gasteiger partial charge in [0.15, 0.2) is 0 Å². The second-order valence-electron chi connectivity index (χ2n) is 3.00. The van der Waals surface area contributed by atoms with E-state index in [4.69, 9.17) is 17.4 Å². The van der Waals surface area contributed by atoms with Crippen LogP contribution in [0.25, 0.3) is 0 Å². The first-order valence-electron chi connectivity index (χ1n) is 4.65. The summed E-state index contributed by atoms with van der Waals surface area (Å²) in [7, 11) is 0. The van der Waals surface area contributed by atoms with Gasteiger partial charge in [-0.05, 0) is 24.6 Å². The van der Waals surface area contributed by atoms with Gasteiger partial charge in [-0.1, -0.05) is 18.5 Å². The quantitative estimate of drug-likeness (QED) is 0.361. The van der Waals surface area contributed by atoms with E-state index in [0.717, 1.165) is 6.42 Å². The summed E-state index contributed by atoms with van der Waals surface area (Å²) < 4.78 is 12.9. The van der Waals surface area contributed by atoms with Crippen molar-refractivity contribution in [3.05, 3.63) is 34.6 Å². The van der Waals surface area contributed by atoms with E-state index in [2.05, 4.69) is 10.4 Å². The van der Waals surface area contributed by atoms with Crippen LogP contribution in [0.4, 0.5) is 4.39 Å². The lowest BCUT2D eigenvalue weighted by Crippen LogP contribution is -2.31. The zero-order valence-corrected chi connectivity index (χ0v) is 9.18. The Kier molecular flexibility index (Phi) is 4.52. The second kappa shape index (κ2) is 5.68. The highest BCUT2D eigenvalue weighted by molar-refractivity contribution is 6.31. The number of nitrogens with one attached hydrogen (secondary N) is 1. The molecule has 0 fully saturated rings. The third-order valence-corrected chi connectivity index (χ3v) is 2.11. The summed E-state index contributed by atoms with van der Waals surface area (Å²) in [6.45, 7) is 2.67. The number of nitrogens with zero attached hydrogens (tertiary/aromatic N) is 1. The Labute approximate surface area is 93.1 Å². The predicted molar refractivity (Wildman–Crippen MR) is 60.4 cm³/mol. The van der Waals surface area contributed by atoms with Crippen LogP contribution in [0.5, 0.6) is 0 Å². The van der Waals surface area contributed by atoms with Crippen molar-refractivity contribution < 1.29 is 4.39 Å². The Morgan fingerprint density at radius 3 is 2.87 bits per heavy atom. The van der Waals surface area contributed by atoms with Gasteiger partial charge >= 0.3 is 0 Å². The van der Waals surface area contributed by atoms with Crippen molar-refractivity contribution in [1.82, 2.24) is 5.43 Å². The first-order valence-corrected chi connectivity index (χ1v) is 5.03. The van der Waals surface area contributed by atoms with Gasteiger partial charge in [-0.3, -0.25) is 4.99 Å². The summed E-state index contributed by atoms with van der Waals surface area (Å²) in [4.78, 5) is 4.20. The fourth-order valence-electron chi connectivity index (χ4n) is 1.09. The standard InChI is InChI=1S/C10H13ClFN3/c1-2-5-14-10(15-13)7-3-4-9(12)8(11)6-7/h3-4,6H,2,5,13H2,1H3,(H,14,15). The van der Waals surface area contributed by atoms with Gasteiger partial charge in [-0.15, -0.1) is 0 Å². The molecule has 0 atom stereocenters. The first-order chi connectivity index (χ1) is 7.19. The molecule has 0 amide bonds. The number of hydrazine groups is 1.